The van der Waals surface area contributed by atoms with Crippen molar-refractivity contribution in [3.05, 3.63) is 30.3 Å². The third kappa shape index (κ3) is 8.40. The van der Waals surface area contributed by atoms with Crippen LogP contribution in [0.5, 0.6) is 0 Å². The van der Waals surface area contributed by atoms with E-state index in [1.165, 1.54) is 11.4 Å². The van der Waals surface area contributed by atoms with Crippen LogP contribution in [0.25, 0.3) is 0 Å². The summed E-state index contributed by atoms with van der Waals surface area (Å²) in [5.74, 6) is 0. The Kier molecular flexibility index (Phi) is 15.2. The Morgan fingerprint density at radius 2 is 1.79 bits per heavy atom. The van der Waals surface area contributed by atoms with Crippen LogP contribution in [-0.2, 0) is 17.3 Å². The van der Waals surface area contributed by atoms with Gasteiger partial charge in [-0.15, -0.1) is 0 Å². The minimum Gasteiger partial charge on any atom is -1.00 e. The van der Waals surface area contributed by atoms with Gasteiger partial charge in [0, 0.05) is 25.5 Å². The monoisotopic (exact) mass is 509 g/mol. The zero-order valence-electron chi connectivity index (χ0n) is 8.15. The fraction of sp³-hybridized carbons (Fsp3) is 0.300. The standard InChI is InChI=1S/C10H13N.Ag.2HI/c1-3-9(2)11-10-7-5-4-6-8-10;;;/h4-8H,3H2,1-2H3;;2*1H/q;+1;;/p-1. The number of halogens is 2. The summed E-state index contributed by atoms with van der Waals surface area (Å²) in [6, 6.07) is 10.2. The number of hydrogen-bond acceptors (Lipinski definition) is 0. The molecule has 0 aliphatic carbocycles. The fourth-order valence-electron chi connectivity index (χ4n) is 0.856. The van der Waals surface area contributed by atoms with Gasteiger partial charge in [-0.3, -0.25) is 0 Å². The normalized spacial score (nSPS) is 9.64. The fourth-order valence-corrected chi connectivity index (χ4v) is 0.856. The van der Waals surface area contributed by atoms with Crippen LogP contribution in [0, 0.1) is 0 Å². The van der Waals surface area contributed by atoms with E-state index in [0.717, 1.165) is 6.42 Å². The van der Waals surface area contributed by atoms with Crippen LogP contribution in [0.15, 0.2) is 30.3 Å². The van der Waals surface area contributed by atoms with E-state index in [2.05, 4.69) is 48.2 Å². The molecule has 0 aromatic heterocycles. The zero-order valence-corrected chi connectivity index (χ0v) is 13.9. The van der Waals surface area contributed by atoms with Gasteiger partial charge in [-0.2, -0.15) is 0 Å². The van der Waals surface area contributed by atoms with E-state index < -0.39 is 0 Å². The summed E-state index contributed by atoms with van der Waals surface area (Å²) in [6.45, 7) is 4.25. The van der Waals surface area contributed by atoms with E-state index in [9.17, 15) is 0 Å². The average molecular weight is 510 g/mol. The number of nitrogens with one attached hydrogen (secondary N) is 1. The minimum absolute atomic E-state index is 0. The molecule has 0 aliphatic heterocycles. The van der Waals surface area contributed by atoms with Crippen molar-refractivity contribution in [3.8, 4) is 0 Å². The minimum atomic E-state index is 0. The van der Waals surface area contributed by atoms with Gasteiger partial charge in [0.05, 0.1) is 0 Å². The van der Waals surface area contributed by atoms with Gasteiger partial charge in [0.15, 0.2) is 5.71 Å². The second-order valence-corrected chi connectivity index (χ2v) is 2.62. The Bertz CT molecular complexity index is 250. The molecule has 0 spiro atoms. The Morgan fingerprint density at radius 3 is 2.21 bits per heavy atom. The summed E-state index contributed by atoms with van der Waals surface area (Å²) >= 11 is 4.88. The molecule has 1 aromatic carbocycles. The topological polar surface area (TPSA) is 14.0 Å². The molecule has 1 rings (SSSR count). The molecule has 84 valence electrons. The van der Waals surface area contributed by atoms with Crippen LogP contribution in [0.1, 0.15) is 20.3 Å². The van der Waals surface area contributed by atoms with Crippen molar-refractivity contribution < 1.29 is 46.2 Å². The maximum absolute atomic E-state index is 3.31. The van der Waals surface area contributed by atoms with Gasteiger partial charge in [-0.25, -0.2) is 4.99 Å². The van der Waals surface area contributed by atoms with Crippen LogP contribution >= 0.6 is 19.0 Å². The summed E-state index contributed by atoms with van der Waals surface area (Å²) < 4.78 is 0. The molecular weight excluding hydrogens is 496 g/mol. The van der Waals surface area contributed by atoms with E-state index in [4.69, 9.17) is 0 Å². The molecule has 14 heavy (non-hydrogen) atoms. The van der Waals surface area contributed by atoms with Gasteiger partial charge < -0.3 is 24.0 Å². The average Bonchev–Trinajstić information content (AvgIpc) is 2.22. The van der Waals surface area contributed by atoms with Crippen molar-refractivity contribution in [3.63, 3.8) is 0 Å². The Balaban J connectivity index is 0. The molecule has 1 nitrogen and oxygen atoms in total. The molecular formula is C10H14AgI2N. The molecule has 0 amide bonds. The Morgan fingerprint density at radius 1 is 1.29 bits per heavy atom. The Labute approximate surface area is 126 Å². The molecule has 0 fully saturated rings. The van der Waals surface area contributed by atoms with Crippen molar-refractivity contribution in [1.29, 1.82) is 0 Å². The summed E-state index contributed by atoms with van der Waals surface area (Å²) in [7, 11) is 0. The number of hydrogen-bond donors (Lipinski definition) is 1. The molecule has 0 aliphatic rings. The number of para-hydroxylation sites is 1. The van der Waals surface area contributed by atoms with Gasteiger partial charge in [0.1, 0.15) is 0 Å². The predicted molar refractivity (Wildman–Crippen MR) is 62.1 cm³/mol. The largest absolute Gasteiger partial charge is 1.00 e. The molecule has 0 atom stereocenters. The quantitative estimate of drug-likeness (QED) is 0.304. The van der Waals surface area contributed by atoms with Crippen LogP contribution in [0.2, 0.25) is 0 Å². The van der Waals surface area contributed by atoms with Crippen LogP contribution < -0.4 is 29.0 Å². The summed E-state index contributed by atoms with van der Waals surface area (Å²) in [5.41, 5.74) is 2.48. The third-order valence-corrected chi connectivity index (χ3v) is 1.66. The second-order valence-electron chi connectivity index (χ2n) is 2.62. The Hall–Kier alpha value is 1.09. The van der Waals surface area contributed by atoms with Crippen molar-refractivity contribution in [2.45, 2.75) is 20.3 Å². The van der Waals surface area contributed by atoms with E-state index in [0.29, 0.717) is 0 Å². The molecule has 1 aromatic rings. The first-order chi connectivity index (χ1) is 6.33. The number of benzene rings is 1. The van der Waals surface area contributed by atoms with E-state index in [1.54, 1.807) is 0 Å². The van der Waals surface area contributed by atoms with Crippen molar-refractivity contribution in [2.24, 2.45) is 0 Å². The van der Waals surface area contributed by atoms with E-state index >= 15 is 0 Å². The molecule has 0 heterocycles. The number of rotatable bonds is 2. The zero-order chi connectivity index (χ0) is 10.1. The van der Waals surface area contributed by atoms with E-state index in [1.807, 2.05) is 37.2 Å². The SMILES string of the molecule is CCC(C)=[NH+]c1ccccc1.[Ag][I].[I-]. The molecule has 0 radical (unpaired) electrons. The van der Waals surface area contributed by atoms with Crippen molar-refractivity contribution in [1.82, 2.24) is 0 Å². The van der Waals surface area contributed by atoms with Gasteiger partial charge >= 0.3 is 36.3 Å². The molecule has 4 heteroatoms. The first kappa shape index (κ1) is 17.5. The molecule has 1 N–H and O–H groups in total. The first-order valence-electron chi connectivity index (χ1n) is 4.09. The van der Waals surface area contributed by atoms with Gasteiger partial charge in [0.2, 0.25) is 5.69 Å². The maximum Gasteiger partial charge on any atom is -1.00 e. The van der Waals surface area contributed by atoms with Crippen molar-refractivity contribution >= 4 is 30.4 Å². The predicted octanol–water partition coefficient (Wildman–Crippen LogP) is -0.843. The summed E-state index contributed by atoms with van der Waals surface area (Å²) in [4.78, 5) is 3.31. The van der Waals surface area contributed by atoms with Crippen LogP contribution in [0.3, 0.4) is 0 Å². The van der Waals surface area contributed by atoms with Gasteiger partial charge in [-0.1, -0.05) is 25.1 Å². The summed E-state index contributed by atoms with van der Waals surface area (Å²) in [6.07, 6.45) is 1.08. The van der Waals surface area contributed by atoms with Crippen LogP contribution in [-0.4, -0.2) is 5.71 Å². The molecule has 0 saturated carbocycles. The van der Waals surface area contributed by atoms with Crippen molar-refractivity contribution in [2.75, 3.05) is 0 Å². The summed E-state index contributed by atoms with van der Waals surface area (Å²) in [5, 5.41) is 0. The third-order valence-electron chi connectivity index (χ3n) is 1.66. The smallest absolute Gasteiger partial charge is 1.00 e. The van der Waals surface area contributed by atoms with Gasteiger partial charge in [-0.05, 0) is 0 Å². The molecule has 0 bridgehead atoms. The van der Waals surface area contributed by atoms with E-state index in [-0.39, 0.29) is 24.0 Å². The molecule has 0 unspecified atom stereocenters. The molecule has 0 saturated heterocycles. The maximum atomic E-state index is 3.31. The second kappa shape index (κ2) is 12.2. The van der Waals surface area contributed by atoms with Crippen LogP contribution in [0.4, 0.5) is 5.69 Å². The van der Waals surface area contributed by atoms with Gasteiger partial charge in [0.25, 0.3) is 0 Å². The first-order valence-corrected chi connectivity index (χ1v) is 8.49.